The van der Waals surface area contributed by atoms with Crippen molar-refractivity contribution >= 4 is 17.3 Å². The van der Waals surface area contributed by atoms with Gasteiger partial charge in [0.2, 0.25) is 0 Å². The van der Waals surface area contributed by atoms with E-state index in [-0.39, 0.29) is 17.5 Å². The van der Waals surface area contributed by atoms with Crippen molar-refractivity contribution in [2.24, 2.45) is 0 Å². The minimum Gasteiger partial charge on any atom is -0.379 e. The number of fused-ring (bicyclic) bond motifs is 1. The zero-order chi connectivity index (χ0) is 17.4. The summed E-state index contributed by atoms with van der Waals surface area (Å²) in [5.74, 6) is -0.747. The van der Waals surface area contributed by atoms with Crippen molar-refractivity contribution < 1.29 is 9.18 Å². The van der Waals surface area contributed by atoms with Crippen LogP contribution in [0.2, 0.25) is 0 Å². The fourth-order valence-electron chi connectivity index (χ4n) is 3.10. The van der Waals surface area contributed by atoms with Crippen LogP contribution in [0, 0.1) is 26.6 Å². The highest BCUT2D eigenvalue weighted by Gasteiger charge is 2.29. The Morgan fingerprint density at radius 2 is 1.92 bits per heavy atom. The normalized spacial score (nSPS) is 16.5. The summed E-state index contributed by atoms with van der Waals surface area (Å²) in [5, 5.41) is 3.49. The molecule has 0 saturated carbocycles. The van der Waals surface area contributed by atoms with Gasteiger partial charge >= 0.3 is 0 Å². The summed E-state index contributed by atoms with van der Waals surface area (Å²) in [7, 11) is 0. The topological polar surface area (TPSA) is 32.3 Å². The van der Waals surface area contributed by atoms with Gasteiger partial charge < -0.3 is 10.2 Å². The van der Waals surface area contributed by atoms with Gasteiger partial charge in [-0.15, -0.1) is 0 Å². The van der Waals surface area contributed by atoms with Crippen LogP contribution in [-0.2, 0) is 0 Å². The second-order valence-corrected chi connectivity index (χ2v) is 6.60. The minimum absolute atomic E-state index is 0.135. The molecule has 0 radical (unpaired) electrons. The van der Waals surface area contributed by atoms with Gasteiger partial charge in [-0.1, -0.05) is 18.6 Å². The molecule has 0 saturated heterocycles. The molecule has 2 aromatic carbocycles. The number of anilines is 2. The lowest BCUT2D eigenvalue weighted by Gasteiger charge is -2.36. The zero-order valence-electron chi connectivity index (χ0n) is 14.6. The zero-order valence-corrected chi connectivity index (χ0v) is 14.6. The molecule has 0 aromatic heterocycles. The van der Waals surface area contributed by atoms with E-state index in [9.17, 15) is 9.18 Å². The van der Waals surface area contributed by atoms with Crippen LogP contribution in [0.15, 0.2) is 30.3 Å². The van der Waals surface area contributed by atoms with Crippen molar-refractivity contribution in [2.75, 3.05) is 16.8 Å². The van der Waals surface area contributed by atoms with Crippen LogP contribution >= 0.6 is 0 Å². The molecule has 1 aliphatic heterocycles. The van der Waals surface area contributed by atoms with Crippen molar-refractivity contribution in [2.45, 2.75) is 40.2 Å². The Hall–Kier alpha value is -2.36. The van der Waals surface area contributed by atoms with E-state index in [0.717, 1.165) is 28.9 Å². The number of halogens is 1. The molecule has 126 valence electrons. The Bertz CT molecular complexity index is 800. The van der Waals surface area contributed by atoms with E-state index in [2.05, 4.69) is 25.2 Å². The Morgan fingerprint density at radius 3 is 2.62 bits per heavy atom. The van der Waals surface area contributed by atoms with Crippen molar-refractivity contribution in [3.63, 3.8) is 0 Å². The maximum absolute atomic E-state index is 14.2. The number of hydrogen-bond acceptors (Lipinski definition) is 2. The number of nitrogens with zero attached hydrogens (tertiary/aromatic N) is 1. The van der Waals surface area contributed by atoms with Gasteiger partial charge in [0.15, 0.2) is 0 Å². The fraction of sp³-hybridized carbons (Fsp3) is 0.350. The molecule has 0 spiro atoms. The predicted molar refractivity (Wildman–Crippen MR) is 96.4 cm³/mol. The molecule has 24 heavy (non-hydrogen) atoms. The van der Waals surface area contributed by atoms with Crippen LogP contribution in [0.5, 0.6) is 0 Å². The third-order valence-electron chi connectivity index (χ3n) is 4.76. The van der Waals surface area contributed by atoms with Crippen molar-refractivity contribution in [3.8, 4) is 0 Å². The molecule has 1 atom stereocenters. The summed E-state index contributed by atoms with van der Waals surface area (Å²) in [4.78, 5) is 14.8. The second kappa shape index (κ2) is 6.27. The van der Waals surface area contributed by atoms with Gasteiger partial charge in [-0.2, -0.15) is 0 Å². The fourth-order valence-corrected chi connectivity index (χ4v) is 3.10. The summed E-state index contributed by atoms with van der Waals surface area (Å²) in [6.45, 7) is 8.57. The third kappa shape index (κ3) is 2.88. The monoisotopic (exact) mass is 326 g/mol. The molecule has 0 bridgehead atoms. The van der Waals surface area contributed by atoms with Gasteiger partial charge in [-0.3, -0.25) is 4.79 Å². The van der Waals surface area contributed by atoms with E-state index < -0.39 is 5.82 Å². The molecular weight excluding hydrogens is 303 g/mol. The first-order valence-corrected chi connectivity index (χ1v) is 8.36. The summed E-state index contributed by atoms with van der Waals surface area (Å²) in [5.41, 5.74) is 5.07. The first-order valence-electron chi connectivity index (χ1n) is 8.36. The molecule has 4 heteroatoms. The number of carbonyl (C=O) groups excluding carboxylic acids is 1. The van der Waals surface area contributed by atoms with Crippen LogP contribution in [0.4, 0.5) is 15.8 Å². The van der Waals surface area contributed by atoms with Gasteiger partial charge in [0.05, 0.1) is 16.9 Å². The molecule has 3 nitrogen and oxygen atoms in total. The molecule has 3 rings (SSSR count). The Balaban J connectivity index is 2.08. The van der Waals surface area contributed by atoms with E-state index >= 15 is 0 Å². The van der Waals surface area contributed by atoms with Crippen LogP contribution in [0.25, 0.3) is 0 Å². The molecule has 1 N–H and O–H groups in total. The lowest BCUT2D eigenvalue weighted by atomic mass is 10.0. The second-order valence-electron chi connectivity index (χ2n) is 6.60. The smallest absolute Gasteiger partial charge is 0.261 e. The molecule has 1 unspecified atom stereocenters. The lowest BCUT2D eigenvalue weighted by molar-refractivity contribution is 0.0981. The highest BCUT2D eigenvalue weighted by atomic mass is 19.1. The average molecular weight is 326 g/mol. The molecule has 1 aliphatic rings. The van der Waals surface area contributed by atoms with Crippen LogP contribution < -0.4 is 10.2 Å². The largest absolute Gasteiger partial charge is 0.379 e. The quantitative estimate of drug-likeness (QED) is 0.874. The maximum Gasteiger partial charge on any atom is 0.261 e. The number of benzene rings is 2. The number of nitrogens with one attached hydrogen (secondary N) is 1. The lowest BCUT2D eigenvalue weighted by Crippen LogP contribution is -2.45. The van der Waals surface area contributed by atoms with E-state index in [1.807, 2.05) is 19.9 Å². The maximum atomic E-state index is 14.2. The Kier molecular flexibility index (Phi) is 4.31. The molecule has 1 heterocycles. The van der Waals surface area contributed by atoms with Gasteiger partial charge in [0.25, 0.3) is 5.91 Å². The van der Waals surface area contributed by atoms with Crippen LogP contribution in [0.1, 0.15) is 40.4 Å². The van der Waals surface area contributed by atoms with E-state index in [1.165, 1.54) is 11.6 Å². The van der Waals surface area contributed by atoms with Crippen LogP contribution in [-0.4, -0.2) is 18.5 Å². The number of hydrogen-bond donors (Lipinski definition) is 1. The highest BCUT2D eigenvalue weighted by Crippen LogP contribution is 2.35. The van der Waals surface area contributed by atoms with E-state index in [4.69, 9.17) is 0 Å². The molecule has 1 amide bonds. The molecular formula is C20H23FN2O. The SMILES string of the molecule is CCC1CN(C(=O)c2cc(C)ccc2F)c2cc(C)c(C)cc2N1. The van der Waals surface area contributed by atoms with Gasteiger partial charge in [-0.05, 0) is 62.6 Å². The first kappa shape index (κ1) is 16.5. The van der Waals surface area contributed by atoms with Crippen molar-refractivity contribution in [3.05, 3.63) is 58.4 Å². The summed E-state index contributed by atoms with van der Waals surface area (Å²) < 4.78 is 14.2. The average Bonchev–Trinajstić information content (AvgIpc) is 2.56. The van der Waals surface area contributed by atoms with Crippen LogP contribution in [0.3, 0.4) is 0 Å². The van der Waals surface area contributed by atoms with Gasteiger partial charge in [0.1, 0.15) is 5.82 Å². The summed E-state index contributed by atoms with van der Waals surface area (Å²) in [6.07, 6.45) is 0.895. The van der Waals surface area contributed by atoms with Gasteiger partial charge in [0, 0.05) is 12.6 Å². The first-order chi connectivity index (χ1) is 11.4. The summed E-state index contributed by atoms with van der Waals surface area (Å²) in [6, 6.07) is 8.91. The standard InChI is InChI=1S/C20H23FN2O/c1-5-15-11-23(19-10-14(4)13(3)9-18(19)22-15)20(24)16-8-12(2)6-7-17(16)21/h6-10,15,22H,5,11H2,1-4H3. The number of amides is 1. The van der Waals surface area contributed by atoms with Gasteiger partial charge in [-0.25, -0.2) is 4.39 Å². The van der Waals surface area contributed by atoms with Crippen molar-refractivity contribution in [1.82, 2.24) is 0 Å². The minimum atomic E-state index is -0.470. The molecule has 0 fully saturated rings. The summed E-state index contributed by atoms with van der Waals surface area (Å²) >= 11 is 0. The number of rotatable bonds is 2. The molecule has 2 aromatic rings. The Labute approximate surface area is 142 Å². The molecule has 0 aliphatic carbocycles. The number of carbonyl (C=O) groups is 1. The third-order valence-corrected chi connectivity index (χ3v) is 4.76. The Morgan fingerprint density at radius 1 is 1.21 bits per heavy atom. The highest BCUT2D eigenvalue weighted by molar-refractivity contribution is 6.08. The van der Waals surface area contributed by atoms with Crippen molar-refractivity contribution in [1.29, 1.82) is 0 Å². The number of aryl methyl sites for hydroxylation is 3. The van der Waals surface area contributed by atoms with E-state index in [1.54, 1.807) is 17.0 Å². The van der Waals surface area contributed by atoms with E-state index in [0.29, 0.717) is 6.54 Å². The predicted octanol–water partition coefficient (Wildman–Crippen LogP) is 4.60.